The van der Waals surface area contributed by atoms with Gasteiger partial charge >= 0.3 is 0 Å². The number of nitrogens with one attached hydrogen (secondary N) is 2. The number of amides is 1. The number of nitrogens with zero attached hydrogens (tertiary/aromatic N) is 1. The summed E-state index contributed by atoms with van der Waals surface area (Å²) in [4.78, 5) is 12.2. The molecule has 0 atom stereocenters. The molecule has 0 spiro atoms. The third-order valence-electron chi connectivity index (χ3n) is 4.22. The molecule has 0 aliphatic carbocycles. The average molecular weight is 442 g/mol. The fraction of sp³-hybridized carbons (Fsp3) is 0.222. The van der Waals surface area contributed by atoms with Crippen molar-refractivity contribution in [1.29, 1.82) is 0 Å². The molecular formula is C18H17ClFN3O3S2. The normalized spacial score (nSPS) is 14.6. The second kappa shape index (κ2) is 8.52. The fourth-order valence-corrected chi connectivity index (χ4v) is 4.68. The first-order valence-corrected chi connectivity index (χ1v) is 10.7. The molecular weight excluding hydrogens is 425 g/mol. The highest BCUT2D eigenvalue weighted by Gasteiger charge is 2.27. The van der Waals surface area contributed by atoms with Crippen molar-refractivity contribution >= 4 is 50.5 Å². The van der Waals surface area contributed by atoms with Crippen LogP contribution in [0, 0.1) is 5.82 Å². The van der Waals surface area contributed by atoms with Crippen LogP contribution in [0.15, 0.2) is 47.4 Å². The Labute approximate surface area is 172 Å². The number of hydrogen-bond donors (Lipinski definition) is 2. The van der Waals surface area contributed by atoms with Crippen LogP contribution in [0.25, 0.3) is 0 Å². The standard InChI is InChI=1S/C18H17ClFN3O3S2/c19-15-8-7-14(28(25,26)23-9-1-2-10-23)11-16(15)21-18(27)22-17(24)12-3-5-13(20)6-4-12/h3-8,11H,1-2,9-10H2,(H2,21,22,24,27). The van der Waals surface area contributed by atoms with Gasteiger partial charge in [0.1, 0.15) is 5.82 Å². The first kappa shape index (κ1) is 20.7. The highest BCUT2D eigenvalue weighted by molar-refractivity contribution is 7.89. The van der Waals surface area contributed by atoms with E-state index in [0.29, 0.717) is 13.1 Å². The van der Waals surface area contributed by atoms with E-state index in [0.717, 1.165) is 25.0 Å². The minimum absolute atomic E-state index is 0.0630. The van der Waals surface area contributed by atoms with Gasteiger partial charge in [0.25, 0.3) is 5.91 Å². The molecule has 1 aliphatic rings. The first-order valence-electron chi connectivity index (χ1n) is 8.45. The SMILES string of the molecule is O=C(NC(=S)Nc1cc(S(=O)(=O)N2CCCC2)ccc1Cl)c1ccc(F)cc1. The molecule has 148 valence electrons. The van der Waals surface area contributed by atoms with E-state index in [1.807, 2.05) is 0 Å². The predicted octanol–water partition coefficient (Wildman–Crippen LogP) is 3.39. The van der Waals surface area contributed by atoms with Gasteiger partial charge < -0.3 is 5.32 Å². The molecule has 1 fully saturated rings. The van der Waals surface area contributed by atoms with Crippen molar-refractivity contribution in [2.45, 2.75) is 17.7 Å². The molecule has 1 aliphatic heterocycles. The Bertz CT molecular complexity index is 1010. The summed E-state index contributed by atoms with van der Waals surface area (Å²) in [6, 6.07) is 9.24. The highest BCUT2D eigenvalue weighted by Crippen LogP contribution is 2.28. The number of halogens is 2. The topological polar surface area (TPSA) is 78.5 Å². The van der Waals surface area contributed by atoms with Gasteiger partial charge in [0, 0.05) is 18.7 Å². The molecule has 0 aromatic heterocycles. The molecule has 0 saturated carbocycles. The van der Waals surface area contributed by atoms with Gasteiger partial charge in [-0.3, -0.25) is 10.1 Å². The van der Waals surface area contributed by atoms with Crippen LogP contribution in [-0.2, 0) is 10.0 Å². The van der Waals surface area contributed by atoms with Gasteiger partial charge in [0.15, 0.2) is 5.11 Å². The molecule has 3 rings (SSSR count). The van der Waals surface area contributed by atoms with E-state index in [4.69, 9.17) is 23.8 Å². The van der Waals surface area contributed by atoms with Crippen molar-refractivity contribution < 1.29 is 17.6 Å². The zero-order chi connectivity index (χ0) is 20.3. The zero-order valence-corrected chi connectivity index (χ0v) is 17.0. The van der Waals surface area contributed by atoms with E-state index in [-0.39, 0.29) is 26.3 Å². The highest BCUT2D eigenvalue weighted by atomic mass is 35.5. The first-order chi connectivity index (χ1) is 13.3. The van der Waals surface area contributed by atoms with Crippen LogP contribution < -0.4 is 10.6 Å². The van der Waals surface area contributed by atoms with Crippen LogP contribution >= 0.6 is 23.8 Å². The lowest BCUT2D eigenvalue weighted by atomic mass is 10.2. The summed E-state index contributed by atoms with van der Waals surface area (Å²) < 4.78 is 39.8. The van der Waals surface area contributed by atoms with Gasteiger partial charge in [0.05, 0.1) is 15.6 Å². The number of carbonyl (C=O) groups excluding carboxylic acids is 1. The molecule has 1 amide bonds. The number of benzene rings is 2. The molecule has 10 heteroatoms. The molecule has 2 aromatic carbocycles. The second-order valence-corrected chi connectivity index (χ2v) is 8.92. The summed E-state index contributed by atoms with van der Waals surface area (Å²) in [6.07, 6.45) is 1.66. The minimum Gasteiger partial charge on any atom is -0.331 e. The fourth-order valence-electron chi connectivity index (χ4n) is 2.77. The molecule has 0 radical (unpaired) electrons. The van der Waals surface area contributed by atoms with Crippen molar-refractivity contribution in [3.05, 3.63) is 58.9 Å². The predicted molar refractivity (Wildman–Crippen MR) is 110 cm³/mol. The number of hydrogen-bond acceptors (Lipinski definition) is 4. The Hall–Kier alpha value is -2.07. The number of sulfonamides is 1. The van der Waals surface area contributed by atoms with Crippen molar-refractivity contribution in [3.63, 3.8) is 0 Å². The van der Waals surface area contributed by atoms with Crippen LogP contribution in [-0.4, -0.2) is 36.8 Å². The minimum atomic E-state index is -3.62. The summed E-state index contributed by atoms with van der Waals surface area (Å²) >= 11 is 11.2. The lowest BCUT2D eigenvalue weighted by Gasteiger charge is -2.17. The maximum Gasteiger partial charge on any atom is 0.257 e. The Kier molecular flexibility index (Phi) is 6.29. The van der Waals surface area contributed by atoms with Gasteiger partial charge in [-0.25, -0.2) is 12.8 Å². The van der Waals surface area contributed by atoms with E-state index in [9.17, 15) is 17.6 Å². The zero-order valence-electron chi connectivity index (χ0n) is 14.6. The second-order valence-electron chi connectivity index (χ2n) is 6.17. The molecule has 0 unspecified atom stereocenters. The Morgan fingerprint density at radius 3 is 2.39 bits per heavy atom. The lowest BCUT2D eigenvalue weighted by Crippen LogP contribution is -2.34. The van der Waals surface area contributed by atoms with E-state index in [1.165, 1.54) is 34.6 Å². The summed E-state index contributed by atoms with van der Waals surface area (Å²) in [6.45, 7) is 0.972. The molecule has 2 N–H and O–H groups in total. The molecule has 1 saturated heterocycles. The number of carbonyl (C=O) groups is 1. The molecule has 1 heterocycles. The van der Waals surface area contributed by atoms with E-state index in [1.54, 1.807) is 0 Å². The van der Waals surface area contributed by atoms with Gasteiger partial charge in [-0.05, 0) is 67.5 Å². The number of anilines is 1. The molecule has 0 bridgehead atoms. The van der Waals surface area contributed by atoms with Gasteiger partial charge in [-0.2, -0.15) is 4.31 Å². The third kappa shape index (κ3) is 4.67. The summed E-state index contributed by atoms with van der Waals surface area (Å²) in [5.74, 6) is -0.991. The lowest BCUT2D eigenvalue weighted by molar-refractivity contribution is 0.0977. The summed E-state index contributed by atoms with van der Waals surface area (Å²) in [5.41, 5.74) is 0.480. The van der Waals surface area contributed by atoms with Crippen LogP contribution in [0.4, 0.5) is 10.1 Å². The van der Waals surface area contributed by atoms with Gasteiger partial charge in [-0.1, -0.05) is 11.6 Å². The third-order valence-corrected chi connectivity index (χ3v) is 6.65. The molecule has 28 heavy (non-hydrogen) atoms. The van der Waals surface area contributed by atoms with Gasteiger partial charge in [-0.15, -0.1) is 0 Å². The average Bonchev–Trinajstić information content (AvgIpc) is 3.19. The van der Waals surface area contributed by atoms with Crippen molar-refractivity contribution in [1.82, 2.24) is 9.62 Å². The van der Waals surface area contributed by atoms with Crippen molar-refractivity contribution in [2.24, 2.45) is 0 Å². The smallest absolute Gasteiger partial charge is 0.257 e. The summed E-state index contributed by atoms with van der Waals surface area (Å²) in [7, 11) is -3.62. The van der Waals surface area contributed by atoms with Crippen LogP contribution in [0.1, 0.15) is 23.2 Å². The van der Waals surface area contributed by atoms with Crippen molar-refractivity contribution in [2.75, 3.05) is 18.4 Å². The maximum atomic E-state index is 13.0. The monoisotopic (exact) mass is 441 g/mol. The van der Waals surface area contributed by atoms with Crippen LogP contribution in [0.5, 0.6) is 0 Å². The Balaban J connectivity index is 1.73. The largest absolute Gasteiger partial charge is 0.331 e. The van der Waals surface area contributed by atoms with Crippen LogP contribution in [0.3, 0.4) is 0 Å². The Morgan fingerprint density at radius 1 is 1.11 bits per heavy atom. The summed E-state index contributed by atoms with van der Waals surface area (Å²) in [5, 5.41) is 5.37. The van der Waals surface area contributed by atoms with Crippen LogP contribution in [0.2, 0.25) is 5.02 Å². The van der Waals surface area contributed by atoms with E-state index < -0.39 is 21.7 Å². The van der Waals surface area contributed by atoms with E-state index >= 15 is 0 Å². The van der Waals surface area contributed by atoms with E-state index in [2.05, 4.69) is 10.6 Å². The number of thiocarbonyl (C=S) groups is 1. The molecule has 2 aromatic rings. The Morgan fingerprint density at radius 2 is 1.75 bits per heavy atom. The molecule has 6 nitrogen and oxygen atoms in total. The quantitative estimate of drug-likeness (QED) is 0.711. The number of rotatable bonds is 4. The maximum absolute atomic E-state index is 13.0. The van der Waals surface area contributed by atoms with Crippen molar-refractivity contribution in [3.8, 4) is 0 Å². The van der Waals surface area contributed by atoms with Gasteiger partial charge in [0.2, 0.25) is 10.0 Å².